The van der Waals surface area contributed by atoms with Gasteiger partial charge >= 0.3 is 0 Å². The molecule has 0 aliphatic carbocycles. The summed E-state index contributed by atoms with van der Waals surface area (Å²) in [6.45, 7) is 1.50. The lowest BCUT2D eigenvalue weighted by molar-refractivity contribution is -0.119. The normalized spacial score (nSPS) is 16.7. The van der Waals surface area contributed by atoms with E-state index < -0.39 is 5.82 Å². The van der Waals surface area contributed by atoms with E-state index in [0.717, 1.165) is 13.0 Å². The largest absolute Gasteiger partial charge is 0.326 e. The number of halogens is 2. The van der Waals surface area contributed by atoms with E-state index in [1.54, 1.807) is 6.07 Å². The molecule has 4 nitrogen and oxygen atoms in total. The third kappa shape index (κ3) is 4.39. The summed E-state index contributed by atoms with van der Waals surface area (Å²) in [6, 6.07) is 5.72. The molecule has 0 bridgehead atoms. The topological polar surface area (TPSA) is 64.9 Å². The molecule has 1 aromatic rings. The van der Waals surface area contributed by atoms with Crippen molar-refractivity contribution in [1.82, 2.24) is 5.32 Å². The van der Waals surface area contributed by atoms with Gasteiger partial charge in [0.05, 0.1) is 11.5 Å². The Bertz CT molecular complexity index is 486. The second-order valence-electron chi connectivity index (χ2n) is 3.99. The van der Waals surface area contributed by atoms with Crippen LogP contribution in [0.4, 0.5) is 10.1 Å². The standard InChI is InChI=1S/C12H12FN3O.ClH.H2S/c13-11-2-1-10(5-9(11)6-14)16-12(17)8-3-4-15-7-8;;/h1-2,5,8,15H,3-4,7H2,(H,16,17);1H;1H2/t8-;;/m0../s1. The monoisotopic (exact) mass is 303 g/mol. The minimum absolute atomic E-state index is 0. The number of benzene rings is 1. The molecule has 2 N–H and O–H groups in total. The van der Waals surface area contributed by atoms with Crippen LogP contribution in [0, 0.1) is 23.1 Å². The van der Waals surface area contributed by atoms with Gasteiger partial charge in [0.25, 0.3) is 0 Å². The molecule has 1 saturated heterocycles. The second kappa shape index (κ2) is 8.00. The SMILES string of the molecule is Cl.N#Cc1cc(NC(=O)[C@H]2CCNC2)ccc1F.S. The molecule has 104 valence electrons. The van der Waals surface area contributed by atoms with Gasteiger partial charge in [0.15, 0.2) is 0 Å². The zero-order chi connectivity index (χ0) is 12.3. The maximum atomic E-state index is 13.1. The van der Waals surface area contributed by atoms with Crippen LogP contribution in [0.5, 0.6) is 0 Å². The molecule has 19 heavy (non-hydrogen) atoms. The predicted molar refractivity (Wildman–Crippen MR) is 78.4 cm³/mol. The highest BCUT2D eigenvalue weighted by molar-refractivity contribution is 7.59. The third-order valence-corrected chi connectivity index (χ3v) is 2.79. The van der Waals surface area contributed by atoms with Crippen molar-refractivity contribution in [3.63, 3.8) is 0 Å². The van der Waals surface area contributed by atoms with E-state index in [1.165, 1.54) is 18.2 Å². The Morgan fingerprint density at radius 1 is 1.53 bits per heavy atom. The lowest BCUT2D eigenvalue weighted by Gasteiger charge is -2.10. The molecule has 1 atom stereocenters. The highest BCUT2D eigenvalue weighted by Crippen LogP contribution is 2.16. The van der Waals surface area contributed by atoms with Gasteiger partial charge in [-0.1, -0.05) is 0 Å². The Hall–Kier alpha value is -1.29. The summed E-state index contributed by atoms with van der Waals surface area (Å²) in [5.74, 6) is -0.718. The second-order valence-corrected chi connectivity index (χ2v) is 3.99. The summed E-state index contributed by atoms with van der Waals surface area (Å²) in [4.78, 5) is 11.8. The fourth-order valence-corrected chi connectivity index (χ4v) is 1.81. The Balaban J connectivity index is 0.00000162. The van der Waals surface area contributed by atoms with E-state index in [1.807, 2.05) is 0 Å². The van der Waals surface area contributed by atoms with Crippen LogP contribution in [-0.4, -0.2) is 19.0 Å². The summed E-state index contributed by atoms with van der Waals surface area (Å²) in [5, 5.41) is 14.5. The van der Waals surface area contributed by atoms with E-state index in [2.05, 4.69) is 10.6 Å². The molecule has 0 aromatic heterocycles. The van der Waals surface area contributed by atoms with E-state index in [9.17, 15) is 9.18 Å². The van der Waals surface area contributed by atoms with Crippen LogP contribution in [0.2, 0.25) is 0 Å². The first kappa shape index (κ1) is 17.7. The number of nitriles is 1. The summed E-state index contributed by atoms with van der Waals surface area (Å²) in [6.07, 6.45) is 0.804. The lowest BCUT2D eigenvalue weighted by Crippen LogP contribution is -2.24. The van der Waals surface area contributed by atoms with Gasteiger partial charge in [-0.05, 0) is 31.2 Å². The molecule has 2 rings (SSSR count). The number of amides is 1. The van der Waals surface area contributed by atoms with Crippen molar-refractivity contribution >= 4 is 37.5 Å². The molecule has 0 radical (unpaired) electrons. The summed E-state index contributed by atoms with van der Waals surface area (Å²) in [7, 11) is 0. The number of nitrogens with one attached hydrogen (secondary N) is 2. The average Bonchev–Trinajstić information content (AvgIpc) is 2.85. The van der Waals surface area contributed by atoms with E-state index in [0.29, 0.717) is 12.2 Å². The van der Waals surface area contributed by atoms with Crippen LogP contribution < -0.4 is 10.6 Å². The Kier molecular flexibility index (Phi) is 7.45. The van der Waals surface area contributed by atoms with Crippen molar-refractivity contribution in [3.8, 4) is 6.07 Å². The lowest BCUT2D eigenvalue weighted by atomic mass is 10.1. The van der Waals surface area contributed by atoms with Crippen LogP contribution in [0.15, 0.2) is 18.2 Å². The molecule has 0 unspecified atom stereocenters. The minimum atomic E-state index is -0.576. The predicted octanol–water partition coefficient (Wildman–Crippen LogP) is 1.78. The fraction of sp³-hybridized carbons (Fsp3) is 0.333. The number of rotatable bonds is 2. The maximum absolute atomic E-state index is 13.1. The third-order valence-electron chi connectivity index (χ3n) is 2.79. The number of carbonyl (C=O) groups excluding carboxylic acids is 1. The Labute approximate surface area is 124 Å². The average molecular weight is 304 g/mol. The molecular weight excluding hydrogens is 289 g/mol. The minimum Gasteiger partial charge on any atom is -0.326 e. The van der Waals surface area contributed by atoms with Gasteiger partial charge in [-0.15, -0.1) is 12.4 Å². The molecule has 1 aromatic carbocycles. The van der Waals surface area contributed by atoms with Crippen molar-refractivity contribution < 1.29 is 9.18 Å². The zero-order valence-corrected chi connectivity index (χ0v) is 11.9. The highest BCUT2D eigenvalue weighted by Gasteiger charge is 2.22. The van der Waals surface area contributed by atoms with Gasteiger partial charge in [0, 0.05) is 12.2 Å². The van der Waals surface area contributed by atoms with Crippen molar-refractivity contribution in [2.24, 2.45) is 5.92 Å². The molecule has 0 spiro atoms. The maximum Gasteiger partial charge on any atom is 0.228 e. The Morgan fingerprint density at radius 3 is 2.84 bits per heavy atom. The van der Waals surface area contributed by atoms with E-state index >= 15 is 0 Å². The zero-order valence-electron chi connectivity index (χ0n) is 10.1. The molecule has 1 fully saturated rings. The number of hydrogen-bond acceptors (Lipinski definition) is 3. The molecule has 7 heteroatoms. The summed E-state index contributed by atoms with van der Waals surface area (Å²) in [5.41, 5.74) is 0.396. The van der Waals surface area contributed by atoms with Gasteiger partial charge in [0.1, 0.15) is 11.9 Å². The number of nitrogens with zero attached hydrogens (tertiary/aromatic N) is 1. The van der Waals surface area contributed by atoms with Gasteiger partial charge in [-0.3, -0.25) is 4.79 Å². The van der Waals surface area contributed by atoms with Crippen molar-refractivity contribution in [2.75, 3.05) is 18.4 Å². The van der Waals surface area contributed by atoms with Crippen LogP contribution in [0.3, 0.4) is 0 Å². The summed E-state index contributed by atoms with van der Waals surface area (Å²) < 4.78 is 13.1. The van der Waals surface area contributed by atoms with Crippen LogP contribution >= 0.6 is 25.9 Å². The number of anilines is 1. The molecular formula is C12H15ClFN3OS. The van der Waals surface area contributed by atoms with Crippen LogP contribution in [0.1, 0.15) is 12.0 Å². The smallest absolute Gasteiger partial charge is 0.228 e. The molecule has 0 saturated carbocycles. The van der Waals surface area contributed by atoms with Crippen molar-refractivity contribution in [1.29, 1.82) is 5.26 Å². The van der Waals surface area contributed by atoms with Crippen LogP contribution in [-0.2, 0) is 4.79 Å². The van der Waals surface area contributed by atoms with Crippen LogP contribution in [0.25, 0.3) is 0 Å². The van der Waals surface area contributed by atoms with E-state index in [-0.39, 0.29) is 43.3 Å². The molecule has 1 aliphatic heterocycles. The first-order chi connectivity index (χ1) is 8.20. The molecule has 1 aliphatic rings. The fourth-order valence-electron chi connectivity index (χ4n) is 1.81. The number of hydrogen-bond donors (Lipinski definition) is 2. The van der Waals surface area contributed by atoms with Gasteiger partial charge < -0.3 is 10.6 Å². The van der Waals surface area contributed by atoms with Gasteiger partial charge in [-0.2, -0.15) is 18.8 Å². The van der Waals surface area contributed by atoms with Gasteiger partial charge in [-0.25, -0.2) is 4.39 Å². The van der Waals surface area contributed by atoms with E-state index in [4.69, 9.17) is 5.26 Å². The quantitative estimate of drug-likeness (QED) is 0.875. The highest BCUT2D eigenvalue weighted by atomic mass is 35.5. The molecule has 1 heterocycles. The van der Waals surface area contributed by atoms with Crippen molar-refractivity contribution in [3.05, 3.63) is 29.6 Å². The first-order valence-electron chi connectivity index (χ1n) is 5.42. The molecule has 1 amide bonds. The van der Waals surface area contributed by atoms with Gasteiger partial charge in [0.2, 0.25) is 5.91 Å². The first-order valence-corrected chi connectivity index (χ1v) is 5.42. The number of carbonyl (C=O) groups is 1. The summed E-state index contributed by atoms with van der Waals surface area (Å²) >= 11 is 0. The Morgan fingerprint density at radius 2 is 2.26 bits per heavy atom. The van der Waals surface area contributed by atoms with Crippen molar-refractivity contribution in [2.45, 2.75) is 6.42 Å².